The Hall–Kier alpha value is -0.860. The van der Waals surface area contributed by atoms with Gasteiger partial charge >= 0.3 is 0 Å². The third-order valence-electron chi connectivity index (χ3n) is 1.00. The highest BCUT2D eigenvalue weighted by Gasteiger charge is 2.02. The Morgan fingerprint density at radius 1 is 1.55 bits per heavy atom. The molecule has 64 valence electrons. The van der Waals surface area contributed by atoms with E-state index in [1.165, 1.54) is 6.08 Å². The Balaban J connectivity index is 4.30. The molecule has 0 atom stereocenters. The Bertz CT molecular complexity index is 161. The van der Waals surface area contributed by atoms with Crippen molar-refractivity contribution in [2.24, 2.45) is 0 Å². The molecule has 11 heavy (non-hydrogen) atoms. The van der Waals surface area contributed by atoms with Gasteiger partial charge in [-0.15, -0.1) is 0 Å². The lowest BCUT2D eigenvalue weighted by molar-refractivity contribution is 0.225. The van der Waals surface area contributed by atoms with E-state index >= 15 is 0 Å². The van der Waals surface area contributed by atoms with Crippen molar-refractivity contribution in [3.05, 3.63) is 23.7 Å². The van der Waals surface area contributed by atoms with E-state index in [1.807, 2.05) is 0 Å². The van der Waals surface area contributed by atoms with Gasteiger partial charge in [-0.1, -0.05) is 6.08 Å². The summed E-state index contributed by atoms with van der Waals surface area (Å²) in [4.78, 5) is 0. The molecule has 0 N–H and O–H groups in total. The van der Waals surface area contributed by atoms with Crippen LogP contribution in [0.5, 0.6) is 0 Å². The van der Waals surface area contributed by atoms with Gasteiger partial charge in [0.2, 0.25) is 0 Å². The minimum atomic E-state index is -1.11. The molecule has 0 aliphatic rings. The van der Waals surface area contributed by atoms with Crippen LogP contribution in [0.2, 0.25) is 0 Å². The molecule has 0 amide bonds. The van der Waals surface area contributed by atoms with Gasteiger partial charge in [0.1, 0.15) is 6.67 Å². The maximum absolute atomic E-state index is 12.5. The van der Waals surface area contributed by atoms with Crippen molar-refractivity contribution in [3.8, 4) is 0 Å². The SMILES string of the molecule is C/C=C\C(OCC)=C(\F)CF. The van der Waals surface area contributed by atoms with Crippen LogP contribution in [0.25, 0.3) is 0 Å². The molecule has 0 aliphatic carbocycles. The van der Waals surface area contributed by atoms with Gasteiger partial charge < -0.3 is 4.74 Å². The van der Waals surface area contributed by atoms with Gasteiger partial charge in [0.25, 0.3) is 0 Å². The smallest absolute Gasteiger partial charge is 0.173 e. The zero-order valence-electron chi connectivity index (χ0n) is 6.73. The standard InChI is InChI=1S/C8H12F2O/c1-3-5-8(11-4-2)7(10)6-9/h3,5H,4,6H2,1-2H3/b5-3-,8-7-. The van der Waals surface area contributed by atoms with Crippen molar-refractivity contribution in [1.82, 2.24) is 0 Å². The van der Waals surface area contributed by atoms with Crippen LogP contribution in [0.15, 0.2) is 23.7 Å². The molecular formula is C8H12F2O. The van der Waals surface area contributed by atoms with Gasteiger partial charge in [0.15, 0.2) is 11.6 Å². The highest BCUT2D eigenvalue weighted by Crippen LogP contribution is 2.09. The fourth-order valence-electron chi connectivity index (χ4n) is 0.590. The second-order valence-electron chi connectivity index (χ2n) is 1.84. The molecule has 1 nitrogen and oxygen atoms in total. The van der Waals surface area contributed by atoms with Crippen molar-refractivity contribution >= 4 is 0 Å². The molecule has 0 aliphatic heterocycles. The second kappa shape index (κ2) is 5.89. The fourth-order valence-corrected chi connectivity index (χ4v) is 0.590. The first kappa shape index (κ1) is 10.1. The number of allylic oxidation sites excluding steroid dienone is 3. The number of hydrogen-bond acceptors (Lipinski definition) is 1. The maximum atomic E-state index is 12.5. The van der Waals surface area contributed by atoms with E-state index in [2.05, 4.69) is 0 Å². The van der Waals surface area contributed by atoms with Crippen LogP contribution in [-0.2, 0) is 4.74 Å². The summed E-state index contributed by atoms with van der Waals surface area (Å²) in [5.74, 6) is -0.873. The summed E-state index contributed by atoms with van der Waals surface area (Å²) in [6.07, 6.45) is 3.00. The largest absolute Gasteiger partial charge is 0.491 e. The first-order chi connectivity index (χ1) is 5.26. The van der Waals surface area contributed by atoms with E-state index in [0.717, 1.165) is 0 Å². The summed E-state index contributed by atoms with van der Waals surface area (Å²) in [5.41, 5.74) is 0. The minimum absolute atomic E-state index is 0.0162. The van der Waals surface area contributed by atoms with E-state index in [9.17, 15) is 8.78 Å². The zero-order valence-corrected chi connectivity index (χ0v) is 6.73. The highest BCUT2D eigenvalue weighted by atomic mass is 19.2. The predicted molar refractivity (Wildman–Crippen MR) is 40.5 cm³/mol. The van der Waals surface area contributed by atoms with Crippen LogP contribution in [0.4, 0.5) is 8.78 Å². The van der Waals surface area contributed by atoms with Crippen molar-refractivity contribution in [2.75, 3.05) is 13.3 Å². The van der Waals surface area contributed by atoms with Crippen LogP contribution >= 0.6 is 0 Å². The summed E-state index contributed by atoms with van der Waals surface area (Å²) in [6, 6.07) is 0. The molecule has 0 fully saturated rings. The lowest BCUT2D eigenvalue weighted by Crippen LogP contribution is -1.93. The van der Waals surface area contributed by atoms with Crippen LogP contribution in [0, 0.1) is 0 Å². The number of alkyl halides is 1. The number of halogens is 2. The topological polar surface area (TPSA) is 9.23 Å². The predicted octanol–water partition coefficient (Wildman–Crippen LogP) is 2.75. The van der Waals surface area contributed by atoms with E-state index in [1.54, 1.807) is 19.9 Å². The summed E-state index contributed by atoms with van der Waals surface area (Å²) >= 11 is 0. The summed E-state index contributed by atoms with van der Waals surface area (Å²) in [5, 5.41) is 0. The van der Waals surface area contributed by atoms with Gasteiger partial charge in [-0.2, -0.15) is 0 Å². The molecule has 0 aromatic rings. The molecule has 0 saturated heterocycles. The maximum Gasteiger partial charge on any atom is 0.173 e. The first-order valence-electron chi connectivity index (χ1n) is 3.46. The van der Waals surface area contributed by atoms with Crippen molar-refractivity contribution < 1.29 is 13.5 Å². The summed E-state index contributed by atoms with van der Waals surface area (Å²) < 4.78 is 29.0. The van der Waals surface area contributed by atoms with Gasteiger partial charge in [0, 0.05) is 0 Å². The lowest BCUT2D eigenvalue weighted by Gasteiger charge is -2.03. The second-order valence-corrected chi connectivity index (χ2v) is 1.84. The van der Waals surface area contributed by atoms with Crippen molar-refractivity contribution in [1.29, 1.82) is 0 Å². The van der Waals surface area contributed by atoms with Crippen molar-refractivity contribution in [2.45, 2.75) is 13.8 Å². The zero-order chi connectivity index (χ0) is 8.69. The lowest BCUT2D eigenvalue weighted by atomic mass is 10.4. The number of rotatable bonds is 4. The van der Waals surface area contributed by atoms with Gasteiger partial charge in [-0.25, -0.2) is 8.78 Å². The van der Waals surface area contributed by atoms with Crippen LogP contribution < -0.4 is 0 Å². The van der Waals surface area contributed by atoms with Crippen molar-refractivity contribution in [3.63, 3.8) is 0 Å². The Kier molecular flexibility index (Phi) is 5.43. The Labute approximate surface area is 65.4 Å². The number of hydrogen-bond donors (Lipinski definition) is 0. The average Bonchev–Trinajstić information content (AvgIpc) is 2.03. The molecule has 0 aromatic carbocycles. The van der Waals surface area contributed by atoms with Crippen LogP contribution in [0.3, 0.4) is 0 Å². The quantitative estimate of drug-likeness (QED) is 0.456. The number of ether oxygens (including phenoxy) is 1. The van der Waals surface area contributed by atoms with Gasteiger partial charge in [-0.05, 0) is 19.9 Å². The van der Waals surface area contributed by atoms with Crippen LogP contribution in [-0.4, -0.2) is 13.3 Å². The highest BCUT2D eigenvalue weighted by molar-refractivity contribution is 5.15. The van der Waals surface area contributed by atoms with E-state index < -0.39 is 12.5 Å². The molecule has 0 rings (SSSR count). The molecule has 0 saturated carbocycles. The average molecular weight is 162 g/mol. The van der Waals surface area contributed by atoms with Crippen LogP contribution in [0.1, 0.15) is 13.8 Å². The summed E-state index contributed by atoms with van der Waals surface area (Å²) in [6.45, 7) is 2.66. The van der Waals surface area contributed by atoms with Gasteiger partial charge in [0.05, 0.1) is 6.61 Å². The van der Waals surface area contributed by atoms with E-state index in [-0.39, 0.29) is 5.76 Å². The molecular weight excluding hydrogens is 150 g/mol. The van der Waals surface area contributed by atoms with E-state index in [4.69, 9.17) is 4.74 Å². The molecule has 0 spiro atoms. The monoisotopic (exact) mass is 162 g/mol. The van der Waals surface area contributed by atoms with E-state index in [0.29, 0.717) is 6.61 Å². The Morgan fingerprint density at radius 3 is 2.55 bits per heavy atom. The molecule has 0 bridgehead atoms. The third kappa shape index (κ3) is 3.75. The minimum Gasteiger partial charge on any atom is -0.491 e. The first-order valence-corrected chi connectivity index (χ1v) is 3.46. The molecule has 0 unspecified atom stereocenters. The van der Waals surface area contributed by atoms with Gasteiger partial charge in [-0.3, -0.25) is 0 Å². The molecule has 0 aromatic heterocycles. The molecule has 3 heteroatoms. The third-order valence-corrected chi connectivity index (χ3v) is 1.00. The normalized spacial score (nSPS) is 13.5. The molecule has 0 radical (unpaired) electrons. The molecule has 0 heterocycles. The fraction of sp³-hybridized carbons (Fsp3) is 0.500. The Morgan fingerprint density at radius 2 is 2.18 bits per heavy atom. The summed E-state index contributed by atoms with van der Waals surface area (Å²) in [7, 11) is 0.